The van der Waals surface area contributed by atoms with Crippen molar-refractivity contribution in [2.75, 3.05) is 26.8 Å². The molecule has 2 aromatic heterocycles. The molecule has 5 rings (SSSR count). The van der Waals surface area contributed by atoms with Crippen LogP contribution in [-0.2, 0) is 16.1 Å². The van der Waals surface area contributed by atoms with E-state index in [4.69, 9.17) is 14.0 Å². The molecule has 2 fully saturated rings. The molecule has 0 bridgehead atoms. The lowest BCUT2D eigenvalue weighted by molar-refractivity contribution is -0.135. The van der Waals surface area contributed by atoms with Gasteiger partial charge in [-0.05, 0) is 29.5 Å². The predicted molar refractivity (Wildman–Crippen MR) is 144 cm³/mol. The summed E-state index contributed by atoms with van der Waals surface area (Å²) in [4.78, 5) is 38.4. The van der Waals surface area contributed by atoms with Gasteiger partial charge in [0.05, 0.1) is 32.5 Å². The third-order valence-electron chi connectivity index (χ3n) is 7.49. The maximum Gasteiger partial charge on any atom is 0.274 e. The molecule has 11 nitrogen and oxygen atoms in total. The first-order valence-corrected chi connectivity index (χ1v) is 13.8. The van der Waals surface area contributed by atoms with Crippen LogP contribution in [0.15, 0.2) is 47.1 Å². The number of benzene rings is 1. The molecule has 1 saturated heterocycles. The van der Waals surface area contributed by atoms with Crippen molar-refractivity contribution < 1.29 is 28.7 Å². The van der Waals surface area contributed by atoms with E-state index in [1.54, 1.807) is 17.2 Å². The molecule has 40 heavy (non-hydrogen) atoms. The van der Waals surface area contributed by atoms with E-state index in [0.29, 0.717) is 49.3 Å². The van der Waals surface area contributed by atoms with Gasteiger partial charge in [-0.2, -0.15) is 0 Å². The summed E-state index contributed by atoms with van der Waals surface area (Å²) >= 11 is 0. The Kier molecular flexibility index (Phi) is 8.51. The summed E-state index contributed by atoms with van der Waals surface area (Å²) in [6, 6.07) is 11.2. The van der Waals surface area contributed by atoms with Crippen LogP contribution in [0.2, 0.25) is 0 Å². The highest BCUT2D eigenvalue weighted by Gasteiger charge is 2.42. The molecule has 3 atom stereocenters. The smallest absolute Gasteiger partial charge is 0.274 e. The standard InChI is InChI=1S/C29H37N5O6/c1-18(2)26(24-14-25(38-3)32-40-24)29(37)34-16-21(35)13-23(34)27-30-15-22(31-27)28(36)33(20-9-10-20)11-12-39-17-19-7-5-4-6-8-19/h4-8,14-15,18,20-21,23,26,35H,9-13,16-17H2,1-3H3,(H,30,31)/t21-,23+,26?/m1/s1. The number of carbonyl (C=O) groups is 2. The number of methoxy groups -OCH3 is 1. The zero-order valence-electron chi connectivity index (χ0n) is 23.2. The number of imidazole rings is 1. The third kappa shape index (κ3) is 6.20. The Balaban J connectivity index is 1.26. The summed E-state index contributed by atoms with van der Waals surface area (Å²) in [6.45, 7) is 5.41. The molecule has 3 aromatic rings. The first kappa shape index (κ1) is 27.9. The van der Waals surface area contributed by atoms with E-state index in [0.717, 1.165) is 18.4 Å². The Bertz CT molecular complexity index is 1290. The van der Waals surface area contributed by atoms with Crippen molar-refractivity contribution in [3.63, 3.8) is 0 Å². The number of ether oxygens (including phenoxy) is 2. The molecule has 1 saturated carbocycles. The number of nitrogens with one attached hydrogen (secondary N) is 1. The molecule has 214 valence electrons. The highest BCUT2D eigenvalue weighted by Crippen LogP contribution is 2.37. The number of aliphatic hydroxyl groups is 1. The number of nitrogens with zero attached hydrogens (tertiary/aromatic N) is 4. The van der Waals surface area contributed by atoms with Gasteiger partial charge < -0.3 is 33.9 Å². The SMILES string of the molecule is COc1cc(C(C(=O)N2C[C@H](O)C[C@H]2c2nc(C(=O)N(CCOCc3ccccc3)C3CC3)c[nH]2)C(C)C)on1. The first-order valence-electron chi connectivity index (χ1n) is 13.8. The Morgan fingerprint density at radius 2 is 2.02 bits per heavy atom. The van der Waals surface area contributed by atoms with Gasteiger partial charge in [-0.1, -0.05) is 44.2 Å². The quantitative estimate of drug-likeness (QED) is 0.328. The molecule has 2 amide bonds. The fourth-order valence-electron chi connectivity index (χ4n) is 5.27. The summed E-state index contributed by atoms with van der Waals surface area (Å²) in [5.41, 5.74) is 1.38. The number of hydrogen-bond donors (Lipinski definition) is 2. The number of aromatic amines is 1. The summed E-state index contributed by atoms with van der Waals surface area (Å²) < 4.78 is 16.4. The van der Waals surface area contributed by atoms with Gasteiger partial charge in [0, 0.05) is 37.8 Å². The molecule has 1 aliphatic heterocycles. The van der Waals surface area contributed by atoms with Crippen molar-refractivity contribution in [2.24, 2.45) is 5.92 Å². The summed E-state index contributed by atoms with van der Waals surface area (Å²) in [5.74, 6) is 0.110. The van der Waals surface area contributed by atoms with E-state index in [9.17, 15) is 14.7 Å². The van der Waals surface area contributed by atoms with Crippen LogP contribution in [0.25, 0.3) is 0 Å². The maximum absolute atomic E-state index is 13.8. The van der Waals surface area contributed by atoms with Gasteiger partial charge in [-0.25, -0.2) is 4.98 Å². The minimum atomic E-state index is -0.708. The molecule has 11 heteroatoms. The zero-order valence-corrected chi connectivity index (χ0v) is 23.2. The van der Waals surface area contributed by atoms with Crippen LogP contribution < -0.4 is 4.74 Å². The molecular formula is C29H37N5O6. The topological polar surface area (TPSA) is 134 Å². The number of aromatic nitrogens is 3. The normalized spacial score (nSPS) is 19.7. The number of aliphatic hydroxyl groups excluding tert-OH is 1. The monoisotopic (exact) mass is 551 g/mol. The van der Waals surface area contributed by atoms with E-state index < -0.39 is 18.1 Å². The predicted octanol–water partition coefficient (Wildman–Crippen LogP) is 3.30. The van der Waals surface area contributed by atoms with Crippen molar-refractivity contribution in [1.82, 2.24) is 24.9 Å². The second-order valence-corrected chi connectivity index (χ2v) is 10.8. The van der Waals surface area contributed by atoms with Gasteiger partial charge in [-0.15, -0.1) is 0 Å². The lowest BCUT2D eigenvalue weighted by atomic mass is 9.91. The van der Waals surface area contributed by atoms with Gasteiger partial charge in [0.15, 0.2) is 5.76 Å². The van der Waals surface area contributed by atoms with E-state index in [1.807, 2.05) is 49.1 Å². The number of β-amino-alcohol motifs (C(OH)–C–C–N with tert-alkyl or cyclic N) is 1. The average molecular weight is 552 g/mol. The van der Waals surface area contributed by atoms with Gasteiger partial charge in [0.1, 0.15) is 17.4 Å². The highest BCUT2D eigenvalue weighted by atomic mass is 16.5. The number of H-pyrrole nitrogens is 1. The van der Waals surface area contributed by atoms with Gasteiger partial charge in [0.25, 0.3) is 11.8 Å². The minimum Gasteiger partial charge on any atom is -0.479 e. The van der Waals surface area contributed by atoms with Crippen molar-refractivity contribution in [3.8, 4) is 5.88 Å². The fourth-order valence-corrected chi connectivity index (χ4v) is 5.27. The maximum atomic E-state index is 13.8. The minimum absolute atomic E-state index is 0.0894. The third-order valence-corrected chi connectivity index (χ3v) is 7.49. The average Bonchev–Trinajstić information content (AvgIpc) is 3.31. The first-order chi connectivity index (χ1) is 19.4. The van der Waals surface area contributed by atoms with Crippen molar-refractivity contribution in [3.05, 3.63) is 65.4 Å². The van der Waals surface area contributed by atoms with Crippen LogP contribution in [0.4, 0.5) is 0 Å². The van der Waals surface area contributed by atoms with Crippen LogP contribution in [0, 0.1) is 5.92 Å². The van der Waals surface area contributed by atoms with E-state index >= 15 is 0 Å². The molecule has 1 unspecified atom stereocenters. The molecule has 0 spiro atoms. The Morgan fingerprint density at radius 3 is 2.70 bits per heavy atom. The van der Waals surface area contributed by atoms with Crippen LogP contribution >= 0.6 is 0 Å². The molecule has 2 N–H and O–H groups in total. The number of rotatable bonds is 12. The largest absolute Gasteiger partial charge is 0.479 e. The van der Waals surface area contributed by atoms with Gasteiger partial charge >= 0.3 is 0 Å². The summed E-state index contributed by atoms with van der Waals surface area (Å²) in [6.07, 6.45) is 3.12. The second kappa shape index (κ2) is 12.2. The number of likely N-dealkylation sites (tertiary alicyclic amines) is 1. The molecule has 1 aliphatic carbocycles. The lowest BCUT2D eigenvalue weighted by Gasteiger charge is -2.28. The Labute approximate surface area is 233 Å². The number of hydrogen-bond acceptors (Lipinski definition) is 8. The molecule has 3 heterocycles. The molecular weight excluding hydrogens is 514 g/mol. The molecule has 1 aromatic carbocycles. The van der Waals surface area contributed by atoms with Crippen LogP contribution in [0.5, 0.6) is 5.88 Å². The van der Waals surface area contributed by atoms with Crippen molar-refractivity contribution in [2.45, 2.75) is 63.8 Å². The lowest BCUT2D eigenvalue weighted by Crippen LogP contribution is -2.38. The van der Waals surface area contributed by atoms with E-state index in [-0.39, 0.29) is 30.3 Å². The van der Waals surface area contributed by atoms with Gasteiger partial charge in [0.2, 0.25) is 5.91 Å². The van der Waals surface area contributed by atoms with E-state index in [1.165, 1.54) is 7.11 Å². The summed E-state index contributed by atoms with van der Waals surface area (Å²) in [5, 5.41) is 14.4. The van der Waals surface area contributed by atoms with Crippen LogP contribution in [0.1, 0.15) is 72.7 Å². The van der Waals surface area contributed by atoms with Crippen molar-refractivity contribution >= 4 is 11.8 Å². The zero-order chi connectivity index (χ0) is 28.2. The highest BCUT2D eigenvalue weighted by molar-refractivity contribution is 5.92. The van der Waals surface area contributed by atoms with Crippen molar-refractivity contribution in [1.29, 1.82) is 0 Å². The Morgan fingerprint density at radius 1 is 1.25 bits per heavy atom. The summed E-state index contributed by atoms with van der Waals surface area (Å²) in [7, 11) is 1.48. The van der Waals surface area contributed by atoms with Gasteiger partial charge in [-0.3, -0.25) is 9.59 Å². The number of amides is 2. The molecule has 0 radical (unpaired) electrons. The fraction of sp³-hybridized carbons (Fsp3) is 0.517. The number of carbonyl (C=O) groups excluding carboxylic acids is 2. The van der Waals surface area contributed by atoms with E-state index in [2.05, 4.69) is 15.1 Å². The molecule has 2 aliphatic rings. The second-order valence-electron chi connectivity index (χ2n) is 10.8. The van der Waals surface area contributed by atoms with Crippen LogP contribution in [-0.4, -0.2) is 80.8 Å². The van der Waals surface area contributed by atoms with Crippen LogP contribution in [0.3, 0.4) is 0 Å². The Hall–Kier alpha value is -3.70.